The fourth-order valence-corrected chi connectivity index (χ4v) is 4.59. The van der Waals surface area contributed by atoms with Gasteiger partial charge in [-0.2, -0.15) is 4.98 Å². The van der Waals surface area contributed by atoms with E-state index in [1.807, 2.05) is 4.90 Å². The molecule has 2 aromatic rings. The highest BCUT2D eigenvalue weighted by atomic mass is 16.4. The Labute approximate surface area is 237 Å². The van der Waals surface area contributed by atoms with Crippen LogP contribution in [0.3, 0.4) is 0 Å². The molecule has 2 aliphatic heterocycles. The summed E-state index contributed by atoms with van der Waals surface area (Å²) in [5.74, 6) is -6.16. The molecule has 0 radical (unpaired) electrons. The molecule has 3 atom stereocenters. The lowest BCUT2D eigenvalue weighted by atomic mass is 10.1. The zero-order valence-corrected chi connectivity index (χ0v) is 22.0. The van der Waals surface area contributed by atoms with E-state index in [0.29, 0.717) is 30.3 Å². The van der Waals surface area contributed by atoms with E-state index >= 15 is 0 Å². The smallest absolute Gasteiger partial charge is 0.301 e. The zero-order chi connectivity index (χ0) is 30.6. The average molecular weight is 583 g/mol. The fraction of sp³-hybridized carbons (Fsp3) is 0.360. The van der Waals surface area contributed by atoms with Gasteiger partial charge in [0.2, 0.25) is 23.9 Å². The van der Waals surface area contributed by atoms with Crippen molar-refractivity contribution in [2.45, 2.75) is 43.8 Å². The van der Waals surface area contributed by atoms with E-state index in [4.69, 9.17) is 5.73 Å². The second-order valence-electron chi connectivity index (χ2n) is 9.64. The fourth-order valence-electron chi connectivity index (χ4n) is 4.59. The molecule has 2 amide bonds. The van der Waals surface area contributed by atoms with Crippen molar-refractivity contribution in [3.8, 4) is 0 Å². The third-order valence-corrected chi connectivity index (χ3v) is 6.71. The van der Waals surface area contributed by atoms with Crippen molar-refractivity contribution in [3.05, 3.63) is 40.2 Å². The number of anilines is 3. The van der Waals surface area contributed by atoms with Crippen LogP contribution in [0.5, 0.6) is 0 Å². The molecule has 0 unspecified atom stereocenters. The maximum Gasteiger partial charge on any atom is 0.301 e. The quantitative estimate of drug-likeness (QED) is 0.147. The maximum absolute atomic E-state index is 12.7. The van der Waals surface area contributed by atoms with E-state index in [1.165, 1.54) is 12.1 Å². The molecule has 17 heteroatoms. The van der Waals surface area contributed by atoms with Crippen molar-refractivity contribution in [2.24, 2.45) is 0 Å². The molecule has 6 N–H and O–H groups in total. The van der Waals surface area contributed by atoms with Gasteiger partial charge < -0.3 is 51.4 Å². The van der Waals surface area contributed by atoms with E-state index in [9.17, 15) is 44.1 Å². The molecule has 0 fully saturated rings. The van der Waals surface area contributed by atoms with Crippen LogP contribution in [-0.4, -0.2) is 81.8 Å². The number of aliphatic carboxylic acids is 3. The molecule has 3 heterocycles. The van der Waals surface area contributed by atoms with Crippen molar-refractivity contribution in [1.29, 1.82) is 0 Å². The molecule has 0 bridgehead atoms. The van der Waals surface area contributed by atoms with Gasteiger partial charge in [0.1, 0.15) is 12.2 Å². The number of carbonyl (C=O) groups is 5. The van der Waals surface area contributed by atoms with Gasteiger partial charge in [0.15, 0.2) is 11.9 Å². The highest BCUT2D eigenvalue weighted by Crippen LogP contribution is 2.28. The zero-order valence-electron chi connectivity index (χ0n) is 22.0. The van der Waals surface area contributed by atoms with Crippen LogP contribution < -0.4 is 47.5 Å². The normalized spacial score (nSPS) is 16.6. The van der Waals surface area contributed by atoms with Crippen molar-refractivity contribution in [2.75, 3.05) is 29.0 Å². The molecule has 0 spiro atoms. The lowest BCUT2D eigenvalue weighted by molar-refractivity contribution is -0.468. The van der Waals surface area contributed by atoms with Gasteiger partial charge in [0, 0.05) is 18.0 Å². The summed E-state index contributed by atoms with van der Waals surface area (Å²) in [4.78, 5) is 79.0. The van der Waals surface area contributed by atoms with Gasteiger partial charge >= 0.3 is 5.56 Å². The van der Waals surface area contributed by atoms with Gasteiger partial charge in [-0.25, -0.2) is 9.48 Å². The minimum absolute atomic E-state index is 0.00544. The predicted octanol–water partition coefficient (Wildman–Crippen LogP) is -5.27. The summed E-state index contributed by atoms with van der Waals surface area (Å²) in [7, 11) is 0. The summed E-state index contributed by atoms with van der Waals surface area (Å²) in [5, 5.41) is 40.7. The van der Waals surface area contributed by atoms with Gasteiger partial charge in [-0.3, -0.25) is 19.4 Å². The molecule has 1 aromatic carbocycles. The number of carbonyl (C=O) groups excluding carboxylic acids is 5. The van der Waals surface area contributed by atoms with Crippen LogP contribution in [0.2, 0.25) is 0 Å². The number of nitrogens with two attached hydrogens (primary N) is 1. The van der Waals surface area contributed by atoms with Gasteiger partial charge in [0.05, 0.1) is 30.6 Å². The Morgan fingerprint density at radius 3 is 2.31 bits per heavy atom. The van der Waals surface area contributed by atoms with Crippen LogP contribution in [0, 0.1) is 0 Å². The van der Waals surface area contributed by atoms with Crippen molar-refractivity contribution in [3.63, 3.8) is 0 Å². The first-order valence-electron chi connectivity index (χ1n) is 12.8. The number of hydrogen-bond acceptors (Lipinski definition) is 13. The number of nitrogen functional groups attached to an aromatic ring is 1. The van der Waals surface area contributed by atoms with Gasteiger partial charge in [0.25, 0.3) is 5.91 Å². The first kappa shape index (κ1) is 29.5. The van der Waals surface area contributed by atoms with Gasteiger partial charge in [-0.15, -0.1) is 0 Å². The SMILES string of the molecule is Nc1nc2c(c(=O)[nH]1)[N+]1=CN(c3ccc(C(=O)N[C@@H](CCC(=O)N[C@@H](CCC(=O)[O-])C(=O)[O-])C(=O)[O-])cc3)C[C@H]1CN2. The molecule has 0 aliphatic carbocycles. The van der Waals surface area contributed by atoms with E-state index in [2.05, 4.69) is 25.9 Å². The summed E-state index contributed by atoms with van der Waals surface area (Å²) >= 11 is 0. The molecular formula is C25H26N8O9-2. The maximum atomic E-state index is 12.7. The van der Waals surface area contributed by atoms with Crippen LogP contribution in [0.15, 0.2) is 29.1 Å². The number of H-pyrrole nitrogens is 1. The first-order chi connectivity index (χ1) is 19.9. The lowest BCUT2D eigenvalue weighted by Gasteiger charge is -2.22. The van der Waals surface area contributed by atoms with Crippen LogP contribution >= 0.6 is 0 Å². The molecule has 4 rings (SSSR count). The molecule has 0 saturated carbocycles. The number of carboxylic acid groups (broad SMARTS) is 3. The number of nitrogens with zero attached hydrogens (tertiary/aromatic N) is 3. The lowest BCUT2D eigenvalue weighted by Crippen LogP contribution is -2.50. The number of carboxylic acids is 3. The molecular weight excluding hydrogens is 556 g/mol. The average Bonchev–Trinajstić information content (AvgIpc) is 3.37. The molecule has 2 aliphatic rings. The van der Waals surface area contributed by atoms with Gasteiger partial charge in [-0.05, 0) is 43.5 Å². The number of benzene rings is 1. The number of rotatable bonds is 12. The third kappa shape index (κ3) is 6.80. The second-order valence-corrected chi connectivity index (χ2v) is 9.64. The molecule has 42 heavy (non-hydrogen) atoms. The Bertz CT molecular complexity index is 1500. The number of amides is 2. The standard InChI is InChI=1S/C25H28N8O9/c26-25-30-20-19(22(38)31-25)33-11-32(10-14(33)9-27-20)13-3-1-12(2-4-13)21(37)29-16(24(41)42)5-7-17(34)28-15(23(39)40)6-8-18(35)36/h1-4,11,14-16H,5-10H2,(H8-,26,27,28,29,30,31,34,35,36,37,38,39,40,41,42)/p-2/t14-,15+,16+/m1/s1. The number of hydrogen-bond donors (Lipinski definition) is 5. The van der Waals surface area contributed by atoms with Crippen LogP contribution in [0.1, 0.15) is 36.0 Å². The summed E-state index contributed by atoms with van der Waals surface area (Å²) in [6, 6.07) is 2.94. The molecule has 1 aromatic heterocycles. The van der Waals surface area contributed by atoms with E-state index in [0.717, 1.165) is 0 Å². The summed E-state index contributed by atoms with van der Waals surface area (Å²) < 4.78 is 1.79. The minimum atomic E-state index is -1.71. The topological polar surface area (TPSA) is 269 Å². The Kier molecular flexibility index (Phi) is 8.68. The van der Waals surface area contributed by atoms with Crippen LogP contribution in [0.25, 0.3) is 0 Å². The third-order valence-electron chi connectivity index (χ3n) is 6.71. The Balaban J connectivity index is 1.36. The highest BCUT2D eigenvalue weighted by Gasteiger charge is 2.39. The van der Waals surface area contributed by atoms with Crippen LogP contribution in [-0.2, 0) is 19.2 Å². The monoisotopic (exact) mass is 582 g/mol. The molecule has 222 valence electrons. The number of aromatic nitrogens is 2. The van der Waals surface area contributed by atoms with Gasteiger partial charge in [-0.1, -0.05) is 0 Å². The number of fused-ring (bicyclic) bond motifs is 3. The second kappa shape index (κ2) is 12.4. The number of aromatic amines is 1. The summed E-state index contributed by atoms with van der Waals surface area (Å²) in [6.45, 7) is 1.02. The Morgan fingerprint density at radius 2 is 1.67 bits per heavy atom. The predicted molar refractivity (Wildman–Crippen MR) is 138 cm³/mol. The van der Waals surface area contributed by atoms with Crippen molar-refractivity contribution < 1.29 is 43.9 Å². The molecule has 0 saturated heterocycles. The summed E-state index contributed by atoms with van der Waals surface area (Å²) in [6.07, 6.45) is -0.295. The van der Waals surface area contributed by atoms with Crippen molar-refractivity contribution in [1.82, 2.24) is 20.6 Å². The van der Waals surface area contributed by atoms with Crippen molar-refractivity contribution >= 4 is 59.2 Å². The van der Waals surface area contributed by atoms with E-state index in [1.54, 1.807) is 23.0 Å². The minimum Gasteiger partial charge on any atom is -0.550 e. The van der Waals surface area contributed by atoms with Crippen LogP contribution in [0.4, 0.5) is 23.1 Å². The summed E-state index contributed by atoms with van der Waals surface area (Å²) in [5.41, 5.74) is 6.37. The number of nitrogens with one attached hydrogen (secondary N) is 4. The Morgan fingerprint density at radius 1 is 1.02 bits per heavy atom. The van der Waals surface area contributed by atoms with E-state index < -0.39 is 73.0 Å². The van der Waals surface area contributed by atoms with E-state index in [-0.39, 0.29) is 17.6 Å². The first-order valence-corrected chi connectivity index (χ1v) is 12.8. The highest BCUT2D eigenvalue weighted by molar-refractivity contribution is 5.97. The Hall–Kier alpha value is -5.48. The largest absolute Gasteiger partial charge is 0.550 e. The molecule has 17 nitrogen and oxygen atoms in total.